The monoisotopic (exact) mass is 288 g/mol. The van der Waals surface area contributed by atoms with Gasteiger partial charge in [-0.15, -0.1) is 0 Å². The molecule has 21 heavy (non-hydrogen) atoms. The number of hydrogen-bond donors (Lipinski definition) is 2. The predicted molar refractivity (Wildman–Crippen MR) is 84.2 cm³/mol. The summed E-state index contributed by atoms with van der Waals surface area (Å²) in [6.45, 7) is 4.23. The summed E-state index contributed by atoms with van der Waals surface area (Å²) in [6, 6.07) is 0.308. The molecule has 1 saturated carbocycles. The second-order valence-corrected chi connectivity index (χ2v) is 6.19. The number of imidazole rings is 2. The topological polar surface area (TPSA) is 87.7 Å². The Kier molecular flexibility index (Phi) is 3.61. The maximum Gasteiger partial charge on any atom is 0.152 e. The standard InChI is InChI=1S/C15H24N6/c1-10(2)20-9-18-8-12(20)13-14(16)21(17)15(19-13)11-6-4-3-5-7-11/h8-11H,3-7,16-17H2,1-2H3. The van der Waals surface area contributed by atoms with Gasteiger partial charge in [0.1, 0.15) is 11.5 Å². The maximum absolute atomic E-state index is 6.20. The zero-order valence-electron chi connectivity index (χ0n) is 12.8. The molecular weight excluding hydrogens is 264 g/mol. The van der Waals surface area contributed by atoms with Crippen molar-refractivity contribution >= 4 is 5.82 Å². The van der Waals surface area contributed by atoms with Crippen LogP contribution in [0.4, 0.5) is 5.82 Å². The predicted octanol–water partition coefficient (Wildman–Crippen LogP) is 2.67. The zero-order valence-corrected chi connectivity index (χ0v) is 12.8. The number of nitrogen functional groups attached to an aromatic ring is 2. The fourth-order valence-electron chi connectivity index (χ4n) is 3.20. The molecule has 6 nitrogen and oxygen atoms in total. The highest BCUT2D eigenvalue weighted by Gasteiger charge is 2.25. The van der Waals surface area contributed by atoms with E-state index in [4.69, 9.17) is 16.6 Å². The van der Waals surface area contributed by atoms with Crippen LogP contribution in [0.15, 0.2) is 12.5 Å². The molecule has 0 saturated heterocycles. The number of nitrogens with zero attached hydrogens (tertiary/aromatic N) is 4. The molecule has 1 fully saturated rings. The Bertz CT molecular complexity index is 618. The average Bonchev–Trinajstić information content (AvgIpc) is 3.07. The molecule has 0 bridgehead atoms. The largest absolute Gasteiger partial charge is 0.382 e. The summed E-state index contributed by atoms with van der Waals surface area (Å²) >= 11 is 0. The van der Waals surface area contributed by atoms with Gasteiger partial charge in [0, 0.05) is 12.0 Å². The van der Waals surface area contributed by atoms with E-state index >= 15 is 0 Å². The van der Waals surface area contributed by atoms with Crippen molar-refractivity contribution < 1.29 is 0 Å². The van der Waals surface area contributed by atoms with E-state index in [2.05, 4.69) is 23.4 Å². The summed E-state index contributed by atoms with van der Waals surface area (Å²) in [6.07, 6.45) is 9.73. The average molecular weight is 288 g/mol. The Labute approximate surface area is 125 Å². The molecule has 0 atom stereocenters. The molecule has 4 N–H and O–H groups in total. The first-order valence-electron chi connectivity index (χ1n) is 7.75. The van der Waals surface area contributed by atoms with Gasteiger partial charge in [-0.1, -0.05) is 19.3 Å². The molecule has 114 valence electrons. The van der Waals surface area contributed by atoms with Gasteiger partial charge in [-0.3, -0.25) is 0 Å². The normalized spacial score (nSPS) is 16.7. The highest BCUT2D eigenvalue weighted by Crippen LogP contribution is 2.35. The molecule has 2 aromatic heterocycles. The summed E-state index contributed by atoms with van der Waals surface area (Å²) in [5.41, 5.74) is 7.89. The lowest BCUT2D eigenvalue weighted by Gasteiger charge is -2.20. The van der Waals surface area contributed by atoms with Gasteiger partial charge in [-0.25, -0.2) is 14.6 Å². The van der Waals surface area contributed by atoms with E-state index in [1.54, 1.807) is 4.68 Å². The van der Waals surface area contributed by atoms with Crippen molar-refractivity contribution in [3.8, 4) is 11.4 Å². The first-order chi connectivity index (χ1) is 10.1. The van der Waals surface area contributed by atoms with E-state index < -0.39 is 0 Å². The second-order valence-electron chi connectivity index (χ2n) is 6.19. The first-order valence-corrected chi connectivity index (χ1v) is 7.75. The van der Waals surface area contributed by atoms with Crippen LogP contribution in [-0.4, -0.2) is 19.2 Å². The molecule has 0 aliphatic heterocycles. The van der Waals surface area contributed by atoms with Gasteiger partial charge in [-0.2, -0.15) is 0 Å². The van der Waals surface area contributed by atoms with E-state index in [0.29, 0.717) is 17.8 Å². The highest BCUT2D eigenvalue weighted by atomic mass is 15.4. The molecule has 0 aromatic carbocycles. The second kappa shape index (κ2) is 5.42. The smallest absolute Gasteiger partial charge is 0.152 e. The van der Waals surface area contributed by atoms with Crippen molar-refractivity contribution in [2.75, 3.05) is 11.6 Å². The third-order valence-electron chi connectivity index (χ3n) is 4.41. The van der Waals surface area contributed by atoms with Gasteiger partial charge in [0.2, 0.25) is 0 Å². The van der Waals surface area contributed by atoms with Gasteiger partial charge in [-0.05, 0) is 26.7 Å². The summed E-state index contributed by atoms with van der Waals surface area (Å²) < 4.78 is 3.65. The maximum atomic E-state index is 6.20. The SMILES string of the molecule is CC(C)n1cncc1-c1nc(C2CCCCC2)n(N)c1N. The summed E-state index contributed by atoms with van der Waals surface area (Å²) in [5, 5.41) is 0. The summed E-state index contributed by atoms with van der Waals surface area (Å²) in [5.74, 6) is 8.03. The molecule has 0 radical (unpaired) electrons. The quantitative estimate of drug-likeness (QED) is 0.850. The minimum atomic E-state index is 0.308. The lowest BCUT2D eigenvalue weighted by Crippen LogP contribution is -2.19. The summed E-state index contributed by atoms with van der Waals surface area (Å²) in [7, 11) is 0. The number of rotatable bonds is 3. The van der Waals surface area contributed by atoms with Crippen LogP contribution in [0.2, 0.25) is 0 Å². The van der Waals surface area contributed by atoms with Crippen molar-refractivity contribution in [2.24, 2.45) is 0 Å². The number of hydrogen-bond acceptors (Lipinski definition) is 4. The Hall–Kier alpha value is -1.98. The van der Waals surface area contributed by atoms with Crippen LogP contribution in [0.5, 0.6) is 0 Å². The molecule has 2 heterocycles. The van der Waals surface area contributed by atoms with Crippen molar-refractivity contribution in [3.05, 3.63) is 18.3 Å². The lowest BCUT2D eigenvalue weighted by molar-refractivity contribution is 0.424. The Morgan fingerprint density at radius 1 is 1.24 bits per heavy atom. The van der Waals surface area contributed by atoms with Crippen molar-refractivity contribution in [1.82, 2.24) is 19.2 Å². The highest BCUT2D eigenvalue weighted by molar-refractivity contribution is 5.68. The van der Waals surface area contributed by atoms with Crippen molar-refractivity contribution in [2.45, 2.75) is 57.9 Å². The lowest BCUT2D eigenvalue weighted by atomic mass is 9.89. The fraction of sp³-hybridized carbons (Fsp3) is 0.600. The molecule has 0 spiro atoms. The first kappa shape index (κ1) is 14.0. The van der Waals surface area contributed by atoms with Crippen LogP contribution in [0.3, 0.4) is 0 Å². The Morgan fingerprint density at radius 3 is 2.62 bits per heavy atom. The van der Waals surface area contributed by atoms with E-state index in [9.17, 15) is 0 Å². The van der Waals surface area contributed by atoms with Crippen LogP contribution < -0.4 is 11.6 Å². The molecule has 0 unspecified atom stereocenters. The number of nitrogens with two attached hydrogens (primary N) is 2. The zero-order chi connectivity index (χ0) is 15.0. The Morgan fingerprint density at radius 2 is 1.95 bits per heavy atom. The molecule has 1 aliphatic carbocycles. The van der Waals surface area contributed by atoms with E-state index in [1.807, 2.05) is 12.5 Å². The minimum absolute atomic E-state index is 0.308. The Balaban J connectivity index is 2.02. The van der Waals surface area contributed by atoms with Crippen LogP contribution in [0, 0.1) is 0 Å². The van der Waals surface area contributed by atoms with E-state index in [1.165, 1.54) is 19.3 Å². The molecule has 0 amide bonds. The van der Waals surface area contributed by atoms with Crippen molar-refractivity contribution in [1.29, 1.82) is 0 Å². The van der Waals surface area contributed by atoms with Gasteiger partial charge < -0.3 is 16.1 Å². The van der Waals surface area contributed by atoms with Crippen LogP contribution in [0.25, 0.3) is 11.4 Å². The van der Waals surface area contributed by atoms with Gasteiger partial charge in [0.15, 0.2) is 5.82 Å². The molecule has 1 aliphatic rings. The minimum Gasteiger partial charge on any atom is -0.382 e. The van der Waals surface area contributed by atoms with Gasteiger partial charge in [0.05, 0.1) is 18.2 Å². The van der Waals surface area contributed by atoms with Crippen LogP contribution >= 0.6 is 0 Å². The molecule has 6 heteroatoms. The van der Waals surface area contributed by atoms with E-state index in [0.717, 1.165) is 30.1 Å². The fourth-order valence-corrected chi connectivity index (χ4v) is 3.20. The van der Waals surface area contributed by atoms with Gasteiger partial charge >= 0.3 is 0 Å². The molecule has 2 aromatic rings. The van der Waals surface area contributed by atoms with Gasteiger partial charge in [0.25, 0.3) is 0 Å². The number of aromatic nitrogens is 4. The summed E-state index contributed by atoms with van der Waals surface area (Å²) in [4.78, 5) is 9.00. The van der Waals surface area contributed by atoms with Crippen LogP contribution in [-0.2, 0) is 0 Å². The van der Waals surface area contributed by atoms with Crippen molar-refractivity contribution in [3.63, 3.8) is 0 Å². The molecular formula is C15H24N6. The van der Waals surface area contributed by atoms with Crippen LogP contribution in [0.1, 0.15) is 63.7 Å². The molecule has 3 rings (SSSR count). The third kappa shape index (κ3) is 2.39. The third-order valence-corrected chi connectivity index (χ3v) is 4.41. The number of anilines is 1. The van der Waals surface area contributed by atoms with E-state index in [-0.39, 0.29) is 0 Å².